The third kappa shape index (κ3) is 3.07. The standard InChI is InChI=1S/C30H20N2O2/c1-17-7-11-19(12-8-17)26-27(20-13-9-18(2)10-14-20)32-28-24(31-26)16-15-23-25(28)30(34)22-6-4-3-5-21(22)29(23)33/h3-16H,1-2H3. The van der Waals surface area contributed by atoms with Crippen molar-refractivity contribution < 1.29 is 9.59 Å². The number of carbonyl (C=O) groups excluding carboxylic acids is 2. The Kier molecular flexibility index (Phi) is 4.49. The van der Waals surface area contributed by atoms with Gasteiger partial charge < -0.3 is 0 Å². The molecule has 4 heteroatoms. The van der Waals surface area contributed by atoms with E-state index < -0.39 is 0 Å². The normalized spacial score (nSPS) is 12.5. The third-order valence-electron chi connectivity index (χ3n) is 6.37. The summed E-state index contributed by atoms with van der Waals surface area (Å²) in [5, 5.41) is 0. The quantitative estimate of drug-likeness (QED) is 0.314. The number of aromatic nitrogens is 2. The Balaban J connectivity index is 1.67. The van der Waals surface area contributed by atoms with E-state index in [0.29, 0.717) is 39.0 Å². The number of benzene rings is 4. The van der Waals surface area contributed by atoms with Crippen molar-refractivity contribution in [2.24, 2.45) is 0 Å². The van der Waals surface area contributed by atoms with Crippen LogP contribution in [0.4, 0.5) is 0 Å². The van der Waals surface area contributed by atoms with Gasteiger partial charge in [-0.05, 0) is 26.0 Å². The van der Waals surface area contributed by atoms with E-state index in [1.807, 2.05) is 62.4 Å². The first-order valence-electron chi connectivity index (χ1n) is 11.2. The molecule has 0 aliphatic heterocycles. The lowest BCUT2D eigenvalue weighted by molar-refractivity contribution is 0.0980. The second kappa shape index (κ2) is 7.56. The lowest BCUT2D eigenvalue weighted by Gasteiger charge is -2.19. The van der Waals surface area contributed by atoms with E-state index in [4.69, 9.17) is 9.97 Å². The maximum Gasteiger partial charge on any atom is 0.196 e. The maximum atomic E-state index is 13.5. The third-order valence-corrected chi connectivity index (χ3v) is 6.37. The molecule has 5 aromatic rings. The molecule has 0 bridgehead atoms. The number of fused-ring (bicyclic) bond motifs is 4. The summed E-state index contributed by atoms with van der Waals surface area (Å²) in [6.45, 7) is 4.08. The summed E-state index contributed by atoms with van der Waals surface area (Å²) < 4.78 is 0. The van der Waals surface area contributed by atoms with Gasteiger partial charge in [0.25, 0.3) is 0 Å². The Morgan fingerprint density at radius 3 is 1.65 bits per heavy atom. The first-order chi connectivity index (χ1) is 16.5. The summed E-state index contributed by atoms with van der Waals surface area (Å²) in [6.07, 6.45) is 0. The summed E-state index contributed by atoms with van der Waals surface area (Å²) in [4.78, 5) is 36.7. The van der Waals surface area contributed by atoms with Crippen LogP contribution in [0, 0.1) is 13.8 Å². The van der Waals surface area contributed by atoms with Crippen LogP contribution in [0.1, 0.15) is 43.0 Å². The second-order valence-corrected chi connectivity index (χ2v) is 8.71. The van der Waals surface area contributed by atoms with E-state index in [2.05, 4.69) is 0 Å². The van der Waals surface area contributed by atoms with Crippen LogP contribution in [0.3, 0.4) is 0 Å². The molecule has 0 saturated carbocycles. The monoisotopic (exact) mass is 440 g/mol. The molecule has 1 aromatic heterocycles. The molecule has 0 fully saturated rings. The zero-order valence-corrected chi connectivity index (χ0v) is 18.8. The van der Waals surface area contributed by atoms with E-state index in [1.54, 1.807) is 36.4 Å². The minimum atomic E-state index is -0.192. The van der Waals surface area contributed by atoms with Crippen LogP contribution in [-0.2, 0) is 0 Å². The smallest absolute Gasteiger partial charge is 0.196 e. The first kappa shape index (κ1) is 20.2. The molecule has 0 unspecified atom stereocenters. The van der Waals surface area contributed by atoms with Gasteiger partial charge in [0.2, 0.25) is 0 Å². The van der Waals surface area contributed by atoms with Crippen LogP contribution in [-0.4, -0.2) is 21.5 Å². The van der Waals surface area contributed by atoms with Gasteiger partial charge in [-0.25, -0.2) is 9.97 Å². The van der Waals surface area contributed by atoms with Gasteiger partial charge in [0.05, 0.1) is 22.5 Å². The van der Waals surface area contributed by atoms with Crippen molar-refractivity contribution in [3.8, 4) is 22.5 Å². The predicted octanol–water partition coefficient (Wildman–Crippen LogP) is 6.36. The van der Waals surface area contributed by atoms with E-state index in [0.717, 1.165) is 27.9 Å². The Morgan fingerprint density at radius 2 is 1.06 bits per heavy atom. The topological polar surface area (TPSA) is 59.9 Å². The fourth-order valence-electron chi connectivity index (χ4n) is 4.53. The van der Waals surface area contributed by atoms with Crippen LogP contribution in [0.25, 0.3) is 33.5 Å². The zero-order chi connectivity index (χ0) is 23.4. The van der Waals surface area contributed by atoms with E-state index in [-0.39, 0.29) is 11.6 Å². The largest absolute Gasteiger partial charge is 0.289 e. The highest BCUT2D eigenvalue weighted by Gasteiger charge is 2.32. The van der Waals surface area contributed by atoms with Crippen molar-refractivity contribution in [2.45, 2.75) is 13.8 Å². The average Bonchev–Trinajstić information content (AvgIpc) is 2.87. The molecule has 4 aromatic carbocycles. The van der Waals surface area contributed by atoms with Gasteiger partial charge in [-0.1, -0.05) is 83.9 Å². The van der Waals surface area contributed by atoms with Crippen molar-refractivity contribution >= 4 is 22.6 Å². The molecule has 0 radical (unpaired) electrons. The Labute approximate surface area is 197 Å². The van der Waals surface area contributed by atoms with Crippen molar-refractivity contribution in [3.63, 3.8) is 0 Å². The number of hydrogen-bond acceptors (Lipinski definition) is 4. The summed E-state index contributed by atoms with van der Waals surface area (Å²) >= 11 is 0. The molecule has 1 aliphatic rings. The van der Waals surface area contributed by atoms with Crippen LogP contribution in [0.5, 0.6) is 0 Å². The number of nitrogens with zero attached hydrogens (tertiary/aromatic N) is 2. The van der Waals surface area contributed by atoms with E-state index in [1.165, 1.54) is 0 Å². The molecule has 4 nitrogen and oxygen atoms in total. The molecular formula is C30H20N2O2. The Morgan fingerprint density at radius 1 is 0.529 bits per heavy atom. The van der Waals surface area contributed by atoms with Gasteiger partial charge in [0.15, 0.2) is 11.6 Å². The number of carbonyl (C=O) groups is 2. The fourth-order valence-corrected chi connectivity index (χ4v) is 4.53. The van der Waals surface area contributed by atoms with Crippen LogP contribution in [0.15, 0.2) is 84.9 Å². The maximum absolute atomic E-state index is 13.5. The SMILES string of the molecule is Cc1ccc(-c2nc3ccc4c(c3nc2-c2ccc(C)cc2)C(=O)c2ccccc2C4=O)cc1. The van der Waals surface area contributed by atoms with Crippen LogP contribution < -0.4 is 0 Å². The highest BCUT2D eigenvalue weighted by Crippen LogP contribution is 2.36. The molecule has 34 heavy (non-hydrogen) atoms. The summed E-state index contributed by atoms with van der Waals surface area (Å²) in [7, 11) is 0. The minimum Gasteiger partial charge on any atom is -0.289 e. The number of ketones is 2. The zero-order valence-electron chi connectivity index (χ0n) is 18.8. The second-order valence-electron chi connectivity index (χ2n) is 8.71. The van der Waals surface area contributed by atoms with Crippen LogP contribution in [0.2, 0.25) is 0 Å². The molecule has 6 rings (SSSR count). The van der Waals surface area contributed by atoms with Gasteiger partial charge in [-0.3, -0.25) is 9.59 Å². The molecule has 0 saturated heterocycles. The minimum absolute atomic E-state index is 0.159. The van der Waals surface area contributed by atoms with Crippen LogP contribution >= 0.6 is 0 Å². The van der Waals surface area contributed by atoms with Gasteiger partial charge in [0.1, 0.15) is 5.52 Å². The summed E-state index contributed by atoms with van der Waals surface area (Å²) in [6, 6.07) is 26.7. The fraction of sp³-hybridized carbons (Fsp3) is 0.0667. The van der Waals surface area contributed by atoms with Gasteiger partial charge >= 0.3 is 0 Å². The predicted molar refractivity (Wildman–Crippen MR) is 133 cm³/mol. The summed E-state index contributed by atoms with van der Waals surface area (Å²) in [5.41, 5.74) is 8.18. The van der Waals surface area contributed by atoms with Gasteiger partial charge in [-0.15, -0.1) is 0 Å². The first-order valence-corrected chi connectivity index (χ1v) is 11.2. The van der Waals surface area contributed by atoms with Crippen molar-refractivity contribution in [3.05, 3.63) is 118 Å². The Hall–Kier alpha value is -4.44. The highest BCUT2D eigenvalue weighted by molar-refractivity contribution is 6.31. The van der Waals surface area contributed by atoms with Crippen molar-refractivity contribution in [1.29, 1.82) is 0 Å². The van der Waals surface area contributed by atoms with E-state index in [9.17, 15) is 9.59 Å². The molecule has 1 heterocycles. The molecule has 0 atom stereocenters. The molecule has 0 N–H and O–H groups in total. The number of aryl methyl sites for hydroxylation is 2. The molecule has 0 spiro atoms. The number of rotatable bonds is 2. The van der Waals surface area contributed by atoms with E-state index >= 15 is 0 Å². The lowest BCUT2D eigenvalue weighted by Crippen LogP contribution is -2.21. The van der Waals surface area contributed by atoms with Gasteiger partial charge in [0, 0.05) is 27.8 Å². The molecule has 1 aliphatic carbocycles. The molecule has 0 amide bonds. The van der Waals surface area contributed by atoms with Crippen molar-refractivity contribution in [2.75, 3.05) is 0 Å². The van der Waals surface area contributed by atoms with Crippen molar-refractivity contribution in [1.82, 2.24) is 9.97 Å². The average molecular weight is 441 g/mol. The Bertz CT molecular complexity index is 1630. The highest BCUT2D eigenvalue weighted by atomic mass is 16.1. The molecular weight excluding hydrogens is 420 g/mol. The van der Waals surface area contributed by atoms with Gasteiger partial charge in [-0.2, -0.15) is 0 Å². The lowest BCUT2D eigenvalue weighted by atomic mass is 9.83. The summed E-state index contributed by atoms with van der Waals surface area (Å²) in [5.74, 6) is -0.351. The number of hydrogen-bond donors (Lipinski definition) is 0. The molecule has 162 valence electrons.